The Morgan fingerprint density at radius 1 is 1.15 bits per heavy atom. The van der Waals surface area contributed by atoms with Crippen LogP contribution in [0, 0.1) is 0 Å². The molecule has 3 aromatic rings. The fraction of sp³-hybridized carbons (Fsp3) is 0.294. The third-order valence-electron chi connectivity index (χ3n) is 4.25. The Morgan fingerprint density at radius 3 is 2.46 bits per heavy atom. The maximum absolute atomic E-state index is 12.9. The van der Waals surface area contributed by atoms with E-state index in [0.29, 0.717) is 5.56 Å². The van der Waals surface area contributed by atoms with Gasteiger partial charge in [0.15, 0.2) is 16.9 Å². The third kappa shape index (κ3) is 2.57. The SMILES string of the molecule is CCn1c(=O)c2c(-c3ccc(O)c(OC)c3)[nH]c(=O)[nH+]c2n(CC)c1=O. The first-order valence-electron chi connectivity index (χ1n) is 8.13. The number of aromatic amines is 2. The van der Waals surface area contributed by atoms with Crippen molar-refractivity contribution in [3.05, 3.63) is 49.5 Å². The molecule has 0 atom stereocenters. The van der Waals surface area contributed by atoms with Gasteiger partial charge < -0.3 is 9.84 Å². The topological polar surface area (TPSA) is 120 Å². The number of hydrogen-bond acceptors (Lipinski definition) is 5. The van der Waals surface area contributed by atoms with E-state index in [1.165, 1.54) is 23.8 Å². The highest BCUT2D eigenvalue weighted by Gasteiger charge is 2.23. The van der Waals surface area contributed by atoms with Gasteiger partial charge in [0.2, 0.25) is 5.65 Å². The number of ether oxygens (including phenoxy) is 1. The molecule has 136 valence electrons. The number of phenolic OH excluding ortho intramolecular Hbond substituents is 1. The van der Waals surface area contributed by atoms with Crippen LogP contribution in [0.3, 0.4) is 0 Å². The van der Waals surface area contributed by atoms with Gasteiger partial charge in [-0.2, -0.15) is 0 Å². The molecule has 0 aliphatic carbocycles. The zero-order chi connectivity index (χ0) is 19.0. The van der Waals surface area contributed by atoms with Gasteiger partial charge in [-0.15, -0.1) is 0 Å². The van der Waals surface area contributed by atoms with Gasteiger partial charge in [-0.05, 0) is 32.0 Å². The molecule has 26 heavy (non-hydrogen) atoms. The highest BCUT2D eigenvalue weighted by Crippen LogP contribution is 2.31. The lowest BCUT2D eigenvalue weighted by molar-refractivity contribution is -0.374. The number of aromatic nitrogens is 4. The number of rotatable bonds is 4. The highest BCUT2D eigenvalue weighted by molar-refractivity contribution is 5.88. The maximum atomic E-state index is 12.9. The molecular formula is C17H19N4O5+. The molecule has 0 aliphatic rings. The zero-order valence-corrected chi connectivity index (χ0v) is 14.6. The molecule has 0 saturated carbocycles. The first kappa shape index (κ1) is 17.5. The predicted octanol–water partition coefficient (Wildman–Crippen LogP) is 0.0866. The Hall–Kier alpha value is -3.36. The van der Waals surface area contributed by atoms with Crippen molar-refractivity contribution in [2.24, 2.45) is 0 Å². The lowest BCUT2D eigenvalue weighted by atomic mass is 10.1. The Balaban J connectivity index is 2.53. The molecule has 0 unspecified atom stereocenters. The number of nitrogens with one attached hydrogen (secondary N) is 2. The molecule has 0 spiro atoms. The summed E-state index contributed by atoms with van der Waals surface area (Å²) in [7, 11) is 1.40. The fourth-order valence-electron chi connectivity index (χ4n) is 2.99. The number of aryl methyl sites for hydroxylation is 1. The molecule has 3 rings (SSSR count). The van der Waals surface area contributed by atoms with Crippen molar-refractivity contribution in [1.82, 2.24) is 14.1 Å². The number of nitrogens with zero attached hydrogens (tertiary/aromatic N) is 2. The number of phenols is 1. The fourth-order valence-corrected chi connectivity index (χ4v) is 2.99. The molecule has 9 heteroatoms. The Bertz CT molecular complexity index is 1170. The minimum atomic E-state index is -0.560. The zero-order valence-electron chi connectivity index (χ0n) is 14.6. The van der Waals surface area contributed by atoms with E-state index in [1.54, 1.807) is 19.9 Å². The van der Waals surface area contributed by atoms with Gasteiger partial charge >= 0.3 is 11.4 Å². The van der Waals surface area contributed by atoms with Gasteiger partial charge in [-0.3, -0.25) is 4.79 Å². The second kappa shape index (κ2) is 6.51. The summed E-state index contributed by atoms with van der Waals surface area (Å²) in [6.45, 7) is 3.94. The third-order valence-corrected chi connectivity index (χ3v) is 4.25. The second-order valence-electron chi connectivity index (χ2n) is 5.64. The Kier molecular flexibility index (Phi) is 4.37. The van der Waals surface area contributed by atoms with Crippen LogP contribution in [0.1, 0.15) is 13.8 Å². The van der Waals surface area contributed by atoms with Crippen molar-refractivity contribution in [2.75, 3.05) is 7.11 Å². The minimum absolute atomic E-state index is 0.0677. The van der Waals surface area contributed by atoms with E-state index in [1.807, 2.05) is 0 Å². The van der Waals surface area contributed by atoms with E-state index in [2.05, 4.69) is 9.97 Å². The summed E-state index contributed by atoms with van der Waals surface area (Å²) in [4.78, 5) is 42.7. The van der Waals surface area contributed by atoms with Crippen molar-refractivity contribution in [2.45, 2.75) is 26.9 Å². The molecule has 3 N–H and O–H groups in total. The van der Waals surface area contributed by atoms with Crippen LogP contribution in [0.25, 0.3) is 22.3 Å². The molecule has 0 bridgehead atoms. The number of methoxy groups -OCH3 is 1. The molecule has 0 saturated heterocycles. The lowest BCUT2D eigenvalue weighted by Crippen LogP contribution is -2.45. The minimum Gasteiger partial charge on any atom is -0.504 e. The van der Waals surface area contributed by atoms with Crippen molar-refractivity contribution in [1.29, 1.82) is 0 Å². The largest absolute Gasteiger partial charge is 0.504 e. The van der Waals surface area contributed by atoms with E-state index in [4.69, 9.17) is 4.74 Å². The van der Waals surface area contributed by atoms with Crippen molar-refractivity contribution >= 4 is 11.0 Å². The molecule has 0 fully saturated rings. The molecule has 2 aromatic heterocycles. The summed E-state index contributed by atoms with van der Waals surface area (Å²) in [5.74, 6) is 0.130. The smallest absolute Gasteiger partial charge is 0.439 e. The Morgan fingerprint density at radius 2 is 1.85 bits per heavy atom. The first-order valence-corrected chi connectivity index (χ1v) is 8.13. The van der Waals surface area contributed by atoms with Crippen molar-refractivity contribution in [3.8, 4) is 22.8 Å². The maximum Gasteiger partial charge on any atom is 0.439 e. The number of aromatic hydroxyl groups is 1. The van der Waals surface area contributed by atoms with Gasteiger partial charge in [0.25, 0.3) is 5.56 Å². The summed E-state index contributed by atoms with van der Waals surface area (Å²) in [5.41, 5.74) is -0.684. The van der Waals surface area contributed by atoms with Crippen LogP contribution in [0.2, 0.25) is 0 Å². The summed E-state index contributed by atoms with van der Waals surface area (Å²) in [5, 5.41) is 9.97. The molecule has 9 nitrogen and oxygen atoms in total. The quantitative estimate of drug-likeness (QED) is 0.684. The van der Waals surface area contributed by atoms with Gasteiger partial charge in [-0.25, -0.2) is 28.7 Å². The van der Waals surface area contributed by atoms with E-state index in [-0.39, 0.29) is 41.3 Å². The molecule has 1 aromatic carbocycles. The van der Waals surface area contributed by atoms with Gasteiger partial charge in [0.05, 0.1) is 13.7 Å². The van der Waals surface area contributed by atoms with Gasteiger partial charge in [0.1, 0.15) is 5.69 Å². The number of fused-ring (bicyclic) bond motifs is 1. The number of benzene rings is 1. The van der Waals surface area contributed by atoms with Crippen molar-refractivity contribution < 1.29 is 14.8 Å². The monoisotopic (exact) mass is 359 g/mol. The van der Waals surface area contributed by atoms with Crippen LogP contribution in [-0.4, -0.2) is 26.3 Å². The number of hydrogen-bond donors (Lipinski definition) is 2. The summed E-state index contributed by atoms with van der Waals surface area (Å²) < 4.78 is 7.55. The second-order valence-corrected chi connectivity index (χ2v) is 5.64. The molecule has 0 radical (unpaired) electrons. The highest BCUT2D eigenvalue weighted by atomic mass is 16.5. The van der Waals surface area contributed by atoms with Crippen LogP contribution < -0.4 is 26.7 Å². The molecule has 0 aliphatic heterocycles. The summed E-state index contributed by atoms with van der Waals surface area (Å²) >= 11 is 0. The van der Waals surface area contributed by atoms with Gasteiger partial charge in [-0.1, -0.05) is 0 Å². The molecular weight excluding hydrogens is 340 g/mol. The van der Waals surface area contributed by atoms with E-state index in [9.17, 15) is 19.5 Å². The average molecular weight is 359 g/mol. The predicted molar refractivity (Wildman–Crippen MR) is 94.6 cm³/mol. The standard InChI is InChI=1S/C17H18N4O5/c1-4-20-14-12(15(23)21(5-2)17(20)25)13(18-16(24)19-14)9-6-7-10(22)11(8-9)26-3/h6-8,22H,4-5H2,1-3H3,(H,18,19,24)/p+1. The summed E-state index contributed by atoms with van der Waals surface area (Å²) in [6, 6.07) is 4.47. The lowest BCUT2D eigenvalue weighted by Gasteiger charge is -2.10. The van der Waals surface area contributed by atoms with Crippen LogP contribution >= 0.6 is 0 Å². The number of H-pyrrole nitrogens is 2. The normalized spacial score (nSPS) is 11.0. The van der Waals surface area contributed by atoms with Crippen LogP contribution in [0.15, 0.2) is 32.6 Å². The van der Waals surface area contributed by atoms with Crippen LogP contribution in [0.5, 0.6) is 11.5 Å². The average Bonchev–Trinajstić information content (AvgIpc) is 2.62. The van der Waals surface area contributed by atoms with E-state index in [0.717, 1.165) is 4.57 Å². The molecule has 0 amide bonds. The van der Waals surface area contributed by atoms with Crippen LogP contribution in [-0.2, 0) is 13.1 Å². The van der Waals surface area contributed by atoms with E-state index < -0.39 is 16.9 Å². The Labute approximate surface area is 147 Å². The van der Waals surface area contributed by atoms with Crippen LogP contribution in [0.4, 0.5) is 0 Å². The van der Waals surface area contributed by atoms with E-state index >= 15 is 0 Å². The first-order chi connectivity index (χ1) is 12.4. The van der Waals surface area contributed by atoms with Gasteiger partial charge in [0, 0.05) is 12.1 Å². The van der Waals surface area contributed by atoms with Crippen molar-refractivity contribution in [3.63, 3.8) is 0 Å². The summed E-state index contributed by atoms with van der Waals surface area (Å²) in [6.07, 6.45) is 0. The molecule has 2 heterocycles.